The molecule has 1 aliphatic rings. The Kier molecular flexibility index (Phi) is 6.74. The van der Waals surface area contributed by atoms with E-state index in [0.29, 0.717) is 36.8 Å². The third kappa shape index (κ3) is 6.00. The molecule has 6 heteroatoms. The van der Waals surface area contributed by atoms with E-state index in [4.69, 9.17) is 0 Å². The van der Waals surface area contributed by atoms with Crippen molar-refractivity contribution in [1.82, 2.24) is 14.9 Å². The molecule has 30 heavy (non-hydrogen) atoms. The topological polar surface area (TPSA) is 49.3 Å². The lowest BCUT2D eigenvalue weighted by Gasteiger charge is -2.36. The standard InChI is InChI=1S/C24H33FN4O/c1-17(16-24(3,4)5)13-22(30)29-11-9-28(10-12-29)21-14-18(2)26-23(27-21)19-7-6-8-20(25)15-19/h6-8,14-15,17H,9-13,16H2,1-5H3/t17-/m1/s1. The number of aromatic nitrogens is 2. The SMILES string of the molecule is Cc1cc(N2CCN(C(=O)C[C@@H](C)CC(C)(C)C)CC2)nc(-c2cccc(F)c2)n1. The number of aryl methyl sites for hydroxylation is 1. The van der Waals surface area contributed by atoms with Crippen LogP contribution in [0, 0.1) is 24.1 Å². The Morgan fingerprint density at radius 2 is 1.83 bits per heavy atom. The van der Waals surface area contributed by atoms with Gasteiger partial charge in [0.1, 0.15) is 11.6 Å². The van der Waals surface area contributed by atoms with Crippen LogP contribution in [-0.2, 0) is 4.79 Å². The van der Waals surface area contributed by atoms with Crippen molar-refractivity contribution in [2.75, 3.05) is 31.1 Å². The average molecular weight is 413 g/mol. The van der Waals surface area contributed by atoms with Gasteiger partial charge in [0.25, 0.3) is 0 Å². The molecule has 1 atom stereocenters. The summed E-state index contributed by atoms with van der Waals surface area (Å²) in [5.74, 6) is 1.68. The smallest absolute Gasteiger partial charge is 0.222 e. The van der Waals surface area contributed by atoms with Crippen LogP contribution in [0.15, 0.2) is 30.3 Å². The van der Waals surface area contributed by atoms with Crippen LogP contribution in [-0.4, -0.2) is 47.0 Å². The minimum atomic E-state index is -0.299. The van der Waals surface area contributed by atoms with Gasteiger partial charge in [-0.05, 0) is 36.8 Å². The summed E-state index contributed by atoms with van der Waals surface area (Å²) in [5, 5.41) is 0. The molecule has 1 aliphatic heterocycles. The third-order valence-electron chi connectivity index (χ3n) is 5.36. The highest BCUT2D eigenvalue weighted by molar-refractivity contribution is 5.76. The summed E-state index contributed by atoms with van der Waals surface area (Å²) in [6, 6.07) is 8.30. The molecule has 0 N–H and O–H groups in total. The Balaban J connectivity index is 1.63. The highest BCUT2D eigenvalue weighted by Gasteiger charge is 2.25. The van der Waals surface area contributed by atoms with Crippen LogP contribution in [0.3, 0.4) is 0 Å². The highest BCUT2D eigenvalue weighted by Crippen LogP contribution is 2.27. The Labute approximate surface area is 179 Å². The molecule has 2 aromatic rings. The van der Waals surface area contributed by atoms with Crippen molar-refractivity contribution in [3.63, 3.8) is 0 Å². The second kappa shape index (κ2) is 9.11. The molecule has 3 rings (SSSR count). The first-order chi connectivity index (χ1) is 14.1. The third-order valence-corrected chi connectivity index (χ3v) is 5.36. The van der Waals surface area contributed by atoms with E-state index >= 15 is 0 Å². The molecule has 1 aromatic carbocycles. The summed E-state index contributed by atoms with van der Waals surface area (Å²) >= 11 is 0. The zero-order chi connectivity index (χ0) is 21.9. The molecule has 5 nitrogen and oxygen atoms in total. The van der Waals surface area contributed by atoms with E-state index in [1.54, 1.807) is 6.07 Å². The predicted molar refractivity (Wildman–Crippen MR) is 119 cm³/mol. The van der Waals surface area contributed by atoms with E-state index in [-0.39, 0.29) is 17.1 Å². The molecule has 162 valence electrons. The van der Waals surface area contributed by atoms with Crippen LogP contribution in [0.1, 0.15) is 46.2 Å². The molecule has 1 fully saturated rings. The number of hydrogen-bond donors (Lipinski definition) is 0. The van der Waals surface area contributed by atoms with E-state index < -0.39 is 0 Å². The van der Waals surface area contributed by atoms with Crippen LogP contribution in [0.25, 0.3) is 11.4 Å². The van der Waals surface area contributed by atoms with Crippen LogP contribution in [0.5, 0.6) is 0 Å². The van der Waals surface area contributed by atoms with Crippen molar-refractivity contribution in [2.45, 2.75) is 47.5 Å². The molecule has 0 bridgehead atoms. The summed E-state index contributed by atoms with van der Waals surface area (Å²) in [5.41, 5.74) is 1.75. The lowest BCUT2D eigenvalue weighted by molar-refractivity contribution is -0.132. The van der Waals surface area contributed by atoms with Crippen molar-refractivity contribution >= 4 is 11.7 Å². The first-order valence-corrected chi connectivity index (χ1v) is 10.7. The normalized spacial score (nSPS) is 15.9. The van der Waals surface area contributed by atoms with Crippen molar-refractivity contribution < 1.29 is 9.18 Å². The van der Waals surface area contributed by atoms with E-state index in [1.807, 2.05) is 24.0 Å². The quantitative estimate of drug-likeness (QED) is 0.714. The molecule has 1 saturated heterocycles. The Hall–Kier alpha value is -2.50. The summed E-state index contributed by atoms with van der Waals surface area (Å²) in [6.45, 7) is 13.6. The maximum Gasteiger partial charge on any atom is 0.222 e. The van der Waals surface area contributed by atoms with Gasteiger partial charge in [-0.2, -0.15) is 0 Å². The number of halogens is 1. The van der Waals surface area contributed by atoms with E-state index in [9.17, 15) is 9.18 Å². The number of hydrogen-bond acceptors (Lipinski definition) is 4. The van der Waals surface area contributed by atoms with E-state index in [1.165, 1.54) is 12.1 Å². The minimum Gasteiger partial charge on any atom is -0.353 e. The monoisotopic (exact) mass is 412 g/mol. The van der Waals surface area contributed by atoms with Crippen molar-refractivity contribution in [3.8, 4) is 11.4 Å². The van der Waals surface area contributed by atoms with Crippen LogP contribution in [0.2, 0.25) is 0 Å². The maximum atomic E-state index is 13.6. The first-order valence-electron chi connectivity index (χ1n) is 10.7. The Morgan fingerprint density at radius 1 is 1.13 bits per heavy atom. The number of carbonyl (C=O) groups excluding carboxylic acids is 1. The fourth-order valence-corrected chi connectivity index (χ4v) is 4.20. The van der Waals surface area contributed by atoms with Gasteiger partial charge >= 0.3 is 0 Å². The van der Waals surface area contributed by atoms with Crippen LogP contribution >= 0.6 is 0 Å². The zero-order valence-electron chi connectivity index (χ0n) is 18.8. The molecule has 0 spiro atoms. The molecule has 0 unspecified atom stereocenters. The van der Waals surface area contributed by atoms with Crippen molar-refractivity contribution in [3.05, 3.63) is 41.8 Å². The predicted octanol–water partition coefficient (Wildman–Crippen LogP) is 4.70. The zero-order valence-corrected chi connectivity index (χ0v) is 18.8. The number of rotatable bonds is 5. The first kappa shape index (κ1) is 22.2. The van der Waals surface area contributed by atoms with Crippen LogP contribution < -0.4 is 4.90 Å². The van der Waals surface area contributed by atoms with Gasteiger partial charge < -0.3 is 9.80 Å². The van der Waals surface area contributed by atoms with Crippen LogP contribution in [0.4, 0.5) is 10.2 Å². The summed E-state index contributed by atoms with van der Waals surface area (Å²) in [4.78, 5) is 26.0. The minimum absolute atomic E-state index is 0.239. The van der Waals surface area contributed by atoms with Gasteiger partial charge in [-0.15, -0.1) is 0 Å². The van der Waals surface area contributed by atoms with Gasteiger partial charge in [0.2, 0.25) is 5.91 Å². The van der Waals surface area contributed by atoms with Gasteiger partial charge in [0.15, 0.2) is 5.82 Å². The van der Waals surface area contributed by atoms with Gasteiger partial charge in [-0.3, -0.25) is 4.79 Å². The lowest BCUT2D eigenvalue weighted by Crippen LogP contribution is -2.49. The number of carbonyl (C=O) groups is 1. The highest BCUT2D eigenvalue weighted by atomic mass is 19.1. The Morgan fingerprint density at radius 3 is 2.47 bits per heavy atom. The molecule has 1 amide bonds. The van der Waals surface area contributed by atoms with Gasteiger partial charge in [0, 0.05) is 49.9 Å². The second-order valence-electron chi connectivity index (χ2n) is 9.64. The van der Waals surface area contributed by atoms with Gasteiger partial charge in [-0.1, -0.05) is 39.8 Å². The summed E-state index contributed by atoms with van der Waals surface area (Å²) in [7, 11) is 0. The molecule has 0 saturated carbocycles. The number of amides is 1. The Bertz CT molecular complexity index is 885. The second-order valence-corrected chi connectivity index (χ2v) is 9.64. The largest absolute Gasteiger partial charge is 0.353 e. The van der Waals surface area contributed by atoms with Gasteiger partial charge in [0.05, 0.1) is 0 Å². The number of nitrogens with zero attached hydrogens (tertiary/aromatic N) is 4. The van der Waals surface area contributed by atoms with E-state index in [0.717, 1.165) is 31.0 Å². The molecule has 0 radical (unpaired) electrons. The maximum absolute atomic E-state index is 13.6. The van der Waals surface area contributed by atoms with Crippen molar-refractivity contribution in [1.29, 1.82) is 0 Å². The fourth-order valence-electron chi connectivity index (χ4n) is 4.20. The molecule has 1 aromatic heterocycles. The summed E-state index contributed by atoms with van der Waals surface area (Å²) in [6.07, 6.45) is 1.65. The number of benzene rings is 1. The van der Waals surface area contributed by atoms with Gasteiger partial charge in [-0.25, -0.2) is 14.4 Å². The number of piperazine rings is 1. The average Bonchev–Trinajstić information content (AvgIpc) is 2.66. The lowest BCUT2D eigenvalue weighted by atomic mass is 9.84. The molecule has 2 heterocycles. The molecule has 0 aliphatic carbocycles. The molecular weight excluding hydrogens is 379 g/mol. The van der Waals surface area contributed by atoms with Crippen molar-refractivity contribution in [2.24, 2.45) is 11.3 Å². The molecular formula is C24H33FN4O. The fraction of sp³-hybridized carbons (Fsp3) is 0.542. The summed E-state index contributed by atoms with van der Waals surface area (Å²) < 4.78 is 13.6. The number of anilines is 1. The van der Waals surface area contributed by atoms with E-state index in [2.05, 4.69) is 42.6 Å².